The maximum atomic E-state index is 12.0. The van der Waals surface area contributed by atoms with Crippen molar-refractivity contribution in [3.8, 4) is 0 Å². The normalized spacial score (nSPS) is 23.0. The quantitative estimate of drug-likeness (QED) is 0.782. The van der Waals surface area contributed by atoms with Gasteiger partial charge in [0, 0.05) is 19.3 Å². The molecule has 2 rings (SSSR count). The van der Waals surface area contributed by atoms with Crippen LogP contribution in [-0.4, -0.2) is 55.7 Å². The molecule has 1 aromatic rings. The van der Waals surface area contributed by atoms with Crippen LogP contribution in [0, 0.1) is 0 Å². The molecule has 1 aliphatic heterocycles. The summed E-state index contributed by atoms with van der Waals surface area (Å²) >= 11 is 0. The molecule has 17 heavy (non-hydrogen) atoms. The third-order valence-electron chi connectivity index (χ3n) is 2.80. The summed E-state index contributed by atoms with van der Waals surface area (Å²) in [5.74, 6) is 0. The molecule has 1 aromatic heterocycles. The minimum Gasteiger partial charge on any atom is -0.335 e. The molecule has 0 bridgehead atoms. The van der Waals surface area contributed by atoms with E-state index in [1.54, 1.807) is 0 Å². The van der Waals surface area contributed by atoms with Crippen LogP contribution in [0.5, 0.6) is 0 Å². The standard InChI is InChI=1S/C8H13N3O4S2/c1-16(12,13)7-2-3-11(5-7)17(14,15)8-4-9-6-10-8/h4,6-7H,2-3,5H2,1H3,(H,9,10). The molecule has 0 radical (unpaired) electrons. The van der Waals surface area contributed by atoms with Crippen molar-refractivity contribution < 1.29 is 16.8 Å². The number of rotatable bonds is 3. The molecule has 1 N–H and O–H groups in total. The fraction of sp³-hybridized carbons (Fsp3) is 0.625. The van der Waals surface area contributed by atoms with Crippen molar-refractivity contribution >= 4 is 19.9 Å². The van der Waals surface area contributed by atoms with Crippen LogP contribution < -0.4 is 0 Å². The highest BCUT2D eigenvalue weighted by Gasteiger charge is 2.37. The number of aromatic amines is 1. The zero-order chi connectivity index (χ0) is 12.7. The Morgan fingerprint density at radius 2 is 2.12 bits per heavy atom. The lowest BCUT2D eigenvalue weighted by Gasteiger charge is -2.14. The van der Waals surface area contributed by atoms with Gasteiger partial charge in [-0.2, -0.15) is 4.31 Å². The van der Waals surface area contributed by atoms with Crippen LogP contribution in [0.3, 0.4) is 0 Å². The van der Waals surface area contributed by atoms with Crippen LogP contribution in [0.15, 0.2) is 17.6 Å². The van der Waals surface area contributed by atoms with Crippen LogP contribution in [0.1, 0.15) is 6.42 Å². The van der Waals surface area contributed by atoms with Gasteiger partial charge >= 0.3 is 0 Å². The number of nitrogens with one attached hydrogen (secondary N) is 1. The molecule has 2 heterocycles. The summed E-state index contributed by atoms with van der Waals surface area (Å²) in [7, 11) is -6.83. The Labute approximate surface area is 99.8 Å². The molecule has 1 unspecified atom stereocenters. The summed E-state index contributed by atoms with van der Waals surface area (Å²) in [6.07, 6.45) is 3.95. The fourth-order valence-electron chi connectivity index (χ4n) is 1.79. The molecule has 1 saturated heterocycles. The molecule has 9 heteroatoms. The number of sulfone groups is 1. The summed E-state index contributed by atoms with van der Waals surface area (Å²) in [5, 5.41) is -0.619. The second-order valence-corrected chi connectivity index (χ2v) is 8.25. The van der Waals surface area contributed by atoms with Crippen molar-refractivity contribution in [2.45, 2.75) is 16.7 Å². The van der Waals surface area contributed by atoms with Gasteiger partial charge in [0.2, 0.25) is 0 Å². The van der Waals surface area contributed by atoms with Crippen molar-refractivity contribution in [1.82, 2.24) is 14.3 Å². The third kappa shape index (κ3) is 2.35. The van der Waals surface area contributed by atoms with Gasteiger partial charge in [0.15, 0.2) is 14.9 Å². The summed E-state index contributed by atoms with van der Waals surface area (Å²) in [6.45, 7) is 0.235. The molecule has 0 saturated carbocycles. The number of nitrogens with zero attached hydrogens (tertiary/aromatic N) is 2. The number of sulfonamides is 1. The molecule has 0 aliphatic carbocycles. The molecule has 1 fully saturated rings. The zero-order valence-corrected chi connectivity index (χ0v) is 10.8. The van der Waals surface area contributed by atoms with E-state index >= 15 is 0 Å². The second-order valence-electron chi connectivity index (χ2n) is 4.02. The lowest BCUT2D eigenvalue weighted by atomic mass is 10.4. The first-order chi connectivity index (χ1) is 7.82. The Kier molecular flexibility index (Phi) is 3.00. The first-order valence-corrected chi connectivity index (χ1v) is 8.38. The van der Waals surface area contributed by atoms with Crippen molar-refractivity contribution in [2.75, 3.05) is 19.3 Å². The summed E-state index contributed by atoms with van der Waals surface area (Å²) < 4.78 is 47.9. The molecule has 1 aliphatic rings. The summed E-state index contributed by atoms with van der Waals surface area (Å²) in [5.41, 5.74) is 0. The second kappa shape index (κ2) is 4.07. The SMILES string of the molecule is CS(=O)(=O)C1CCN(S(=O)(=O)c2cnc[nH]2)C1. The van der Waals surface area contributed by atoms with E-state index in [2.05, 4.69) is 9.97 Å². The minimum atomic E-state index is -3.64. The Bertz CT molecular complexity index is 591. The maximum absolute atomic E-state index is 12.0. The highest BCUT2D eigenvalue weighted by molar-refractivity contribution is 7.91. The summed E-state index contributed by atoms with van der Waals surface area (Å²) in [6, 6.07) is 0. The van der Waals surface area contributed by atoms with E-state index in [0.29, 0.717) is 6.42 Å². The van der Waals surface area contributed by atoms with Crippen LogP contribution in [0.4, 0.5) is 0 Å². The average molecular weight is 279 g/mol. The van der Waals surface area contributed by atoms with Gasteiger partial charge in [0.25, 0.3) is 10.0 Å². The average Bonchev–Trinajstić information content (AvgIpc) is 2.89. The van der Waals surface area contributed by atoms with Gasteiger partial charge in [0.1, 0.15) is 0 Å². The van der Waals surface area contributed by atoms with Crippen LogP contribution >= 0.6 is 0 Å². The highest BCUT2D eigenvalue weighted by atomic mass is 32.2. The Balaban J connectivity index is 2.23. The Hall–Kier alpha value is -0.930. The molecule has 0 amide bonds. The van der Waals surface area contributed by atoms with E-state index in [0.717, 1.165) is 6.26 Å². The van der Waals surface area contributed by atoms with Gasteiger partial charge in [-0.05, 0) is 6.42 Å². The lowest BCUT2D eigenvalue weighted by Crippen LogP contribution is -2.31. The molecular formula is C8H13N3O4S2. The largest absolute Gasteiger partial charge is 0.335 e. The predicted octanol–water partition coefficient (Wildman–Crippen LogP) is -0.783. The predicted molar refractivity (Wildman–Crippen MR) is 60.6 cm³/mol. The fourth-order valence-corrected chi connectivity index (χ4v) is 4.26. The molecule has 0 spiro atoms. The molecule has 1 atom stereocenters. The van der Waals surface area contributed by atoms with Crippen molar-refractivity contribution in [3.63, 3.8) is 0 Å². The van der Waals surface area contributed by atoms with Gasteiger partial charge in [-0.1, -0.05) is 0 Å². The number of imidazole rings is 1. The van der Waals surface area contributed by atoms with Crippen molar-refractivity contribution in [2.24, 2.45) is 0 Å². The topological polar surface area (TPSA) is 100 Å². The number of aromatic nitrogens is 2. The first-order valence-electron chi connectivity index (χ1n) is 4.99. The smallest absolute Gasteiger partial charge is 0.260 e. The minimum absolute atomic E-state index is 0.00773. The monoisotopic (exact) mass is 279 g/mol. The van der Waals surface area contributed by atoms with Crippen LogP contribution in [0.25, 0.3) is 0 Å². The van der Waals surface area contributed by atoms with Crippen LogP contribution in [0.2, 0.25) is 0 Å². The molecule has 7 nitrogen and oxygen atoms in total. The molecule has 96 valence electrons. The molecular weight excluding hydrogens is 266 g/mol. The number of H-pyrrole nitrogens is 1. The lowest BCUT2D eigenvalue weighted by molar-refractivity contribution is 0.474. The zero-order valence-electron chi connectivity index (χ0n) is 9.20. The Morgan fingerprint density at radius 1 is 1.41 bits per heavy atom. The van der Waals surface area contributed by atoms with E-state index in [1.807, 2.05) is 0 Å². The Morgan fingerprint density at radius 3 is 2.59 bits per heavy atom. The van der Waals surface area contributed by atoms with Gasteiger partial charge < -0.3 is 4.98 Å². The van der Waals surface area contributed by atoms with Crippen molar-refractivity contribution in [1.29, 1.82) is 0 Å². The van der Waals surface area contributed by atoms with Crippen molar-refractivity contribution in [3.05, 3.63) is 12.5 Å². The van der Waals surface area contributed by atoms with E-state index in [4.69, 9.17) is 0 Å². The van der Waals surface area contributed by atoms with E-state index in [9.17, 15) is 16.8 Å². The number of hydrogen-bond donors (Lipinski definition) is 1. The number of hydrogen-bond acceptors (Lipinski definition) is 5. The van der Waals surface area contributed by atoms with E-state index in [1.165, 1.54) is 16.8 Å². The maximum Gasteiger partial charge on any atom is 0.260 e. The van der Waals surface area contributed by atoms with Gasteiger partial charge in [-0.15, -0.1) is 0 Å². The first kappa shape index (κ1) is 12.5. The van der Waals surface area contributed by atoms with E-state index < -0.39 is 25.1 Å². The van der Waals surface area contributed by atoms with Crippen LogP contribution in [-0.2, 0) is 19.9 Å². The van der Waals surface area contributed by atoms with Gasteiger partial charge in [-0.3, -0.25) is 0 Å². The highest BCUT2D eigenvalue weighted by Crippen LogP contribution is 2.22. The van der Waals surface area contributed by atoms with E-state index in [-0.39, 0.29) is 18.1 Å². The summed E-state index contributed by atoms with van der Waals surface area (Å²) in [4.78, 5) is 6.17. The van der Waals surface area contributed by atoms with Gasteiger partial charge in [0.05, 0.1) is 17.8 Å². The third-order valence-corrected chi connectivity index (χ3v) is 6.19. The molecule has 0 aromatic carbocycles. The van der Waals surface area contributed by atoms with Gasteiger partial charge in [-0.25, -0.2) is 21.8 Å².